The van der Waals surface area contributed by atoms with Gasteiger partial charge < -0.3 is 9.64 Å². The van der Waals surface area contributed by atoms with Crippen molar-refractivity contribution in [2.45, 2.75) is 43.7 Å². The van der Waals surface area contributed by atoms with Crippen LogP contribution in [-0.2, 0) is 17.6 Å². The van der Waals surface area contributed by atoms with Gasteiger partial charge in [-0.15, -0.1) is 11.3 Å². The number of nitriles is 1. The molecule has 2 aromatic heterocycles. The molecular formula is C24H26N4O3S2. The highest BCUT2D eigenvalue weighted by molar-refractivity contribution is 7.99. The summed E-state index contributed by atoms with van der Waals surface area (Å²) in [5.41, 5.74) is 1.75. The van der Waals surface area contributed by atoms with Crippen LogP contribution in [0, 0.1) is 11.3 Å². The normalized spacial score (nSPS) is 13.2. The molecule has 172 valence electrons. The molecule has 3 aromatic rings. The van der Waals surface area contributed by atoms with Crippen LogP contribution >= 0.6 is 23.1 Å². The van der Waals surface area contributed by atoms with E-state index >= 15 is 0 Å². The van der Waals surface area contributed by atoms with Gasteiger partial charge in [-0.3, -0.25) is 14.2 Å². The summed E-state index contributed by atoms with van der Waals surface area (Å²) in [4.78, 5) is 34.8. The largest absolute Gasteiger partial charge is 0.497 e. The van der Waals surface area contributed by atoms with E-state index < -0.39 is 0 Å². The summed E-state index contributed by atoms with van der Waals surface area (Å²) in [6.07, 6.45) is 5.58. The fraction of sp³-hybridized carbons (Fsp3) is 0.417. The minimum Gasteiger partial charge on any atom is -0.497 e. The number of aromatic nitrogens is 2. The van der Waals surface area contributed by atoms with Crippen LogP contribution in [0.15, 0.2) is 34.2 Å². The highest BCUT2D eigenvalue weighted by atomic mass is 32.2. The van der Waals surface area contributed by atoms with E-state index in [1.54, 1.807) is 30.1 Å². The van der Waals surface area contributed by atoms with Gasteiger partial charge in [-0.1, -0.05) is 18.2 Å². The molecule has 9 heteroatoms. The molecule has 0 radical (unpaired) electrons. The van der Waals surface area contributed by atoms with Crippen molar-refractivity contribution in [2.24, 2.45) is 0 Å². The minimum absolute atomic E-state index is 0.0858. The number of hydrogen-bond donors (Lipinski definition) is 0. The van der Waals surface area contributed by atoms with Crippen molar-refractivity contribution in [3.8, 4) is 17.5 Å². The van der Waals surface area contributed by atoms with Crippen LogP contribution < -0.4 is 10.3 Å². The second-order valence-electron chi connectivity index (χ2n) is 7.99. The van der Waals surface area contributed by atoms with Crippen LogP contribution in [-0.4, -0.2) is 46.8 Å². The van der Waals surface area contributed by atoms with E-state index in [9.17, 15) is 9.59 Å². The molecule has 0 saturated carbocycles. The maximum Gasteiger partial charge on any atom is 0.267 e. The molecule has 0 spiro atoms. The van der Waals surface area contributed by atoms with E-state index in [2.05, 4.69) is 6.07 Å². The number of fused-ring (bicyclic) bond motifs is 3. The maximum absolute atomic E-state index is 13.8. The Morgan fingerprint density at radius 3 is 2.76 bits per heavy atom. The molecule has 0 bridgehead atoms. The first-order chi connectivity index (χ1) is 16.0. The van der Waals surface area contributed by atoms with Gasteiger partial charge in [0.05, 0.1) is 36.4 Å². The first kappa shape index (κ1) is 23.3. The van der Waals surface area contributed by atoms with Gasteiger partial charge in [0.2, 0.25) is 5.91 Å². The lowest BCUT2D eigenvalue weighted by Gasteiger charge is -2.16. The number of carbonyl (C=O) groups is 1. The average Bonchev–Trinajstić information content (AvgIpc) is 3.02. The van der Waals surface area contributed by atoms with Crippen LogP contribution in [0.4, 0.5) is 0 Å². The van der Waals surface area contributed by atoms with Crippen LogP contribution in [0.25, 0.3) is 15.9 Å². The third-order valence-corrected chi connectivity index (χ3v) is 7.96. The van der Waals surface area contributed by atoms with Crippen molar-refractivity contribution >= 4 is 39.2 Å². The topological polar surface area (TPSA) is 88.2 Å². The van der Waals surface area contributed by atoms with Gasteiger partial charge in [-0.05, 0) is 55.5 Å². The average molecular weight is 483 g/mol. The van der Waals surface area contributed by atoms with E-state index in [4.69, 9.17) is 15.0 Å². The molecule has 0 N–H and O–H groups in total. The van der Waals surface area contributed by atoms with Crippen molar-refractivity contribution in [1.82, 2.24) is 14.5 Å². The van der Waals surface area contributed by atoms with E-state index in [1.807, 2.05) is 24.3 Å². The summed E-state index contributed by atoms with van der Waals surface area (Å²) in [5, 5.41) is 9.99. The number of aryl methyl sites for hydroxylation is 2. The Morgan fingerprint density at radius 1 is 1.27 bits per heavy atom. The van der Waals surface area contributed by atoms with Crippen molar-refractivity contribution < 1.29 is 9.53 Å². The Hall–Kier alpha value is -2.83. The van der Waals surface area contributed by atoms with Gasteiger partial charge in [-0.2, -0.15) is 5.26 Å². The van der Waals surface area contributed by atoms with Crippen molar-refractivity contribution in [3.63, 3.8) is 0 Å². The molecule has 0 atom stereocenters. The summed E-state index contributed by atoms with van der Waals surface area (Å²) < 4.78 is 6.89. The summed E-state index contributed by atoms with van der Waals surface area (Å²) >= 11 is 2.87. The number of nitrogens with zero attached hydrogens (tertiary/aromatic N) is 4. The van der Waals surface area contributed by atoms with E-state index in [1.165, 1.54) is 28.0 Å². The minimum atomic E-state index is -0.104. The standard InChI is InChI=1S/C24H26N4O3S2/c1-27(14-6-13-25)20(29)15-32-24-26-22-21(18-7-4-3-5-8-19(18)33-22)23(30)28(24)16-9-11-17(31-2)12-10-16/h9-12H,3-8,14-15H2,1-2H3. The van der Waals surface area contributed by atoms with Crippen LogP contribution in [0.5, 0.6) is 5.75 Å². The predicted molar refractivity (Wildman–Crippen MR) is 132 cm³/mol. The Bertz CT molecular complexity index is 1260. The summed E-state index contributed by atoms with van der Waals surface area (Å²) in [6.45, 7) is 0.380. The smallest absolute Gasteiger partial charge is 0.267 e. The van der Waals surface area contributed by atoms with Crippen LogP contribution in [0.2, 0.25) is 0 Å². The molecule has 7 nitrogen and oxygen atoms in total. The van der Waals surface area contributed by atoms with Crippen molar-refractivity contribution in [1.29, 1.82) is 5.26 Å². The molecule has 1 aliphatic carbocycles. The lowest BCUT2D eigenvalue weighted by molar-refractivity contribution is -0.127. The quantitative estimate of drug-likeness (QED) is 0.285. The number of benzene rings is 1. The fourth-order valence-corrected chi connectivity index (χ4v) is 6.25. The molecule has 1 aliphatic rings. The van der Waals surface area contributed by atoms with Gasteiger partial charge in [-0.25, -0.2) is 4.98 Å². The third-order valence-electron chi connectivity index (χ3n) is 5.85. The first-order valence-corrected chi connectivity index (χ1v) is 12.8. The van der Waals surface area contributed by atoms with Gasteiger partial charge in [0.1, 0.15) is 10.6 Å². The molecule has 4 rings (SSSR count). The molecule has 1 aromatic carbocycles. The molecule has 0 saturated heterocycles. The number of amides is 1. The van der Waals surface area contributed by atoms with E-state index in [0.29, 0.717) is 23.1 Å². The highest BCUT2D eigenvalue weighted by Crippen LogP contribution is 2.34. The summed E-state index contributed by atoms with van der Waals surface area (Å²) in [5.74, 6) is 0.739. The zero-order chi connectivity index (χ0) is 23.4. The van der Waals surface area contributed by atoms with Gasteiger partial charge in [0.15, 0.2) is 5.16 Å². The number of carbonyl (C=O) groups excluding carboxylic acids is 1. The second kappa shape index (κ2) is 10.4. The monoisotopic (exact) mass is 482 g/mol. The maximum atomic E-state index is 13.8. The Labute approximate surface area is 201 Å². The zero-order valence-electron chi connectivity index (χ0n) is 18.8. The molecule has 1 amide bonds. The van der Waals surface area contributed by atoms with Gasteiger partial charge >= 0.3 is 0 Å². The molecule has 0 aliphatic heterocycles. The summed E-state index contributed by atoms with van der Waals surface area (Å²) in [7, 11) is 3.29. The Morgan fingerprint density at radius 2 is 2.03 bits per heavy atom. The number of methoxy groups -OCH3 is 1. The third kappa shape index (κ3) is 4.92. The predicted octanol–water partition coefficient (Wildman–Crippen LogP) is 4.19. The van der Waals surface area contributed by atoms with Gasteiger partial charge in [0, 0.05) is 18.5 Å². The SMILES string of the molecule is COc1ccc(-n2c(SCC(=O)N(C)CCC#N)nc3sc4c(c3c2=O)CCCCC4)cc1. The van der Waals surface area contributed by atoms with Gasteiger partial charge in [0.25, 0.3) is 5.56 Å². The zero-order valence-corrected chi connectivity index (χ0v) is 20.4. The summed E-state index contributed by atoms with van der Waals surface area (Å²) in [6, 6.07) is 9.36. The fourth-order valence-electron chi connectivity index (χ4n) is 4.00. The number of ether oxygens (including phenoxy) is 1. The second-order valence-corrected chi connectivity index (χ2v) is 10.0. The van der Waals surface area contributed by atoms with Crippen molar-refractivity contribution in [2.75, 3.05) is 26.5 Å². The lowest BCUT2D eigenvalue weighted by Crippen LogP contribution is -2.29. The number of thiophene rings is 1. The molecule has 2 heterocycles. The molecule has 0 fully saturated rings. The van der Waals surface area contributed by atoms with Crippen LogP contribution in [0.1, 0.15) is 36.1 Å². The molecular weight excluding hydrogens is 456 g/mol. The highest BCUT2D eigenvalue weighted by Gasteiger charge is 2.23. The molecule has 33 heavy (non-hydrogen) atoms. The Balaban J connectivity index is 1.77. The lowest BCUT2D eigenvalue weighted by atomic mass is 10.1. The Kier molecular flexibility index (Phi) is 7.36. The van der Waals surface area contributed by atoms with E-state index in [-0.39, 0.29) is 23.6 Å². The van der Waals surface area contributed by atoms with E-state index in [0.717, 1.165) is 41.5 Å². The molecule has 0 unspecified atom stereocenters. The van der Waals surface area contributed by atoms with Crippen LogP contribution in [0.3, 0.4) is 0 Å². The number of rotatable bonds is 7. The number of thioether (sulfide) groups is 1. The van der Waals surface area contributed by atoms with Crippen molar-refractivity contribution in [3.05, 3.63) is 45.1 Å². The number of hydrogen-bond acceptors (Lipinski definition) is 7. The first-order valence-electron chi connectivity index (χ1n) is 11.0.